The highest BCUT2D eigenvalue weighted by molar-refractivity contribution is 5.93. The summed E-state index contributed by atoms with van der Waals surface area (Å²) in [5.74, 6) is 0.304. The number of nitrogens with zero attached hydrogens (tertiary/aromatic N) is 2. The quantitative estimate of drug-likeness (QED) is 0.858. The Morgan fingerprint density at radius 1 is 1.00 bits per heavy atom. The van der Waals surface area contributed by atoms with Gasteiger partial charge in [-0.1, -0.05) is 26.0 Å². The van der Waals surface area contributed by atoms with Crippen LogP contribution in [-0.4, -0.2) is 41.8 Å². The van der Waals surface area contributed by atoms with Gasteiger partial charge in [0, 0.05) is 26.2 Å². The fourth-order valence-electron chi connectivity index (χ4n) is 5.02. The third-order valence-corrected chi connectivity index (χ3v) is 6.20. The predicted molar refractivity (Wildman–Crippen MR) is 82.7 cm³/mol. The van der Waals surface area contributed by atoms with Crippen LogP contribution in [0.3, 0.4) is 0 Å². The molecule has 0 unspecified atom stereocenters. The van der Waals surface area contributed by atoms with Crippen molar-refractivity contribution >= 4 is 5.78 Å². The zero-order valence-corrected chi connectivity index (χ0v) is 13.3. The van der Waals surface area contributed by atoms with Crippen LogP contribution in [0.4, 0.5) is 4.39 Å². The molecule has 0 aliphatic carbocycles. The van der Waals surface area contributed by atoms with E-state index in [0.717, 1.165) is 44.6 Å². The fourth-order valence-corrected chi connectivity index (χ4v) is 5.02. The van der Waals surface area contributed by atoms with E-state index in [0.29, 0.717) is 5.78 Å². The maximum Gasteiger partial charge on any atom is 0.150 e. The third kappa shape index (κ3) is 1.71. The zero-order chi connectivity index (χ0) is 15.5. The number of carbonyl (C=O) groups is 1. The minimum Gasteiger partial charge on any atom is -0.298 e. The molecule has 3 nitrogen and oxygen atoms in total. The second kappa shape index (κ2) is 4.62. The molecule has 4 aliphatic heterocycles. The monoisotopic (exact) mass is 302 g/mol. The number of hydrogen-bond acceptors (Lipinski definition) is 3. The average molecular weight is 302 g/mol. The lowest BCUT2D eigenvalue weighted by atomic mass is 9.58. The Balaban J connectivity index is 1.74. The van der Waals surface area contributed by atoms with Gasteiger partial charge in [0.05, 0.1) is 17.0 Å². The molecular formula is C18H23FN2O. The van der Waals surface area contributed by atoms with Crippen LogP contribution >= 0.6 is 0 Å². The number of Topliss-reactive ketones (excluding diaryl/α,β-unsaturated/α-hetero) is 1. The number of carbonyl (C=O) groups excluding carboxylic acids is 1. The first kappa shape index (κ1) is 14.3. The standard InChI is InChI=1S/C18H23FN2O/c1-3-17-9-20-11-18(4-2,16(17)22)12-21(10-17)15(20)13-5-7-14(19)8-6-13/h5-8,15H,3-4,9-12H2,1-2H3. The Morgan fingerprint density at radius 3 is 1.86 bits per heavy atom. The van der Waals surface area contributed by atoms with Gasteiger partial charge in [-0.25, -0.2) is 4.39 Å². The van der Waals surface area contributed by atoms with Gasteiger partial charge in [0.1, 0.15) is 11.6 Å². The fraction of sp³-hybridized carbons (Fsp3) is 0.611. The molecule has 4 saturated heterocycles. The first-order valence-corrected chi connectivity index (χ1v) is 8.32. The predicted octanol–water partition coefficient (Wildman–Crippen LogP) is 2.83. The van der Waals surface area contributed by atoms with E-state index in [9.17, 15) is 9.18 Å². The van der Waals surface area contributed by atoms with Crippen LogP contribution in [0.5, 0.6) is 0 Å². The van der Waals surface area contributed by atoms with E-state index in [4.69, 9.17) is 0 Å². The van der Waals surface area contributed by atoms with Crippen LogP contribution in [0.25, 0.3) is 0 Å². The molecule has 118 valence electrons. The number of piperidine rings is 2. The minimum absolute atomic E-state index is 0.191. The molecule has 0 radical (unpaired) electrons. The van der Waals surface area contributed by atoms with Crippen molar-refractivity contribution in [2.45, 2.75) is 32.9 Å². The molecular weight excluding hydrogens is 279 g/mol. The van der Waals surface area contributed by atoms with E-state index in [1.807, 2.05) is 12.1 Å². The topological polar surface area (TPSA) is 23.6 Å². The molecule has 5 rings (SSSR count). The van der Waals surface area contributed by atoms with E-state index in [1.54, 1.807) is 12.1 Å². The summed E-state index contributed by atoms with van der Waals surface area (Å²) in [5.41, 5.74) is 0.761. The molecule has 4 bridgehead atoms. The molecule has 4 aliphatic rings. The Bertz CT molecular complexity index is 570. The van der Waals surface area contributed by atoms with Crippen molar-refractivity contribution in [3.8, 4) is 0 Å². The van der Waals surface area contributed by atoms with E-state index in [2.05, 4.69) is 23.6 Å². The van der Waals surface area contributed by atoms with Gasteiger partial charge >= 0.3 is 0 Å². The molecule has 0 saturated carbocycles. The Kier molecular flexibility index (Phi) is 3.01. The summed E-state index contributed by atoms with van der Waals surface area (Å²) >= 11 is 0. The largest absolute Gasteiger partial charge is 0.298 e. The summed E-state index contributed by atoms with van der Waals surface area (Å²) in [7, 11) is 0. The van der Waals surface area contributed by atoms with Crippen molar-refractivity contribution in [2.75, 3.05) is 26.2 Å². The Hall–Kier alpha value is -1.26. The molecule has 0 amide bonds. The highest BCUT2D eigenvalue weighted by atomic mass is 19.1. The second-order valence-corrected chi connectivity index (χ2v) is 7.33. The minimum atomic E-state index is -0.192. The number of halogens is 1. The van der Waals surface area contributed by atoms with E-state index in [-0.39, 0.29) is 22.8 Å². The molecule has 0 spiro atoms. The zero-order valence-electron chi connectivity index (χ0n) is 13.3. The number of rotatable bonds is 3. The average Bonchev–Trinajstić information content (AvgIpc) is 2.52. The molecule has 1 aromatic rings. The lowest BCUT2D eigenvalue weighted by molar-refractivity contribution is -0.204. The Morgan fingerprint density at radius 2 is 1.45 bits per heavy atom. The van der Waals surface area contributed by atoms with Gasteiger partial charge in [0.2, 0.25) is 0 Å². The molecule has 0 N–H and O–H groups in total. The molecule has 1 aromatic carbocycles. The van der Waals surface area contributed by atoms with Crippen molar-refractivity contribution in [1.29, 1.82) is 0 Å². The third-order valence-electron chi connectivity index (χ3n) is 6.20. The maximum atomic E-state index is 13.2. The first-order valence-electron chi connectivity index (χ1n) is 8.32. The highest BCUT2D eigenvalue weighted by Gasteiger charge is 2.64. The maximum absolute atomic E-state index is 13.2. The van der Waals surface area contributed by atoms with Crippen molar-refractivity contribution in [3.63, 3.8) is 0 Å². The number of hydrogen-bond donors (Lipinski definition) is 0. The van der Waals surface area contributed by atoms with Gasteiger partial charge < -0.3 is 0 Å². The molecule has 0 atom stereocenters. The highest BCUT2D eigenvalue weighted by Crippen LogP contribution is 2.54. The van der Waals surface area contributed by atoms with Crippen LogP contribution in [-0.2, 0) is 4.79 Å². The Labute approximate surface area is 131 Å². The normalized spacial score (nSPS) is 42.9. The van der Waals surface area contributed by atoms with Gasteiger partial charge in [-0.3, -0.25) is 14.6 Å². The van der Waals surface area contributed by atoms with Crippen molar-refractivity contribution < 1.29 is 9.18 Å². The second-order valence-electron chi connectivity index (χ2n) is 7.33. The molecule has 4 heterocycles. The molecule has 22 heavy (non-hydrogen) atoms. The summed E-state index contributed by atoms with van der Waals surface area (Å²) in [6.45, 7) is 7.68. The van der Waals surface area contributed by atoms with Gasteiger partial charge in [0.15, 0.2) is 0 Å². The molecule has 4 fully saturated rings. The number of ketones is 1. The molecule has 0 aromatic heterocycles. The van der Waals surface area contributed by atoms with Crippen LogP contribution < -0.4 is 0 Å². The van der Waals surface area contributed by atoms with Crippen molar-refractivity contribution in [1.82, 2.24) is 9.80 Å². The number of benzene rings is 1. The summed E-state index contributed by atoms with van der Waals surface area (Å²) in [6.07, 6.45) is 2.03. The summed E-state index contributed by atoms with van der Waals surface area (Å²) < 4.78 is 13.2. The van der Waals surface area contributed by atoms with E-state index < -0.39 is 0 Å². The van der Waals surface area contributed by atoms with Gasteiger partial charge in [0.25, 0.3) is 0 Å². The van der Waals surface area contributed by atoms with Crippen LogP contribution in [0.1, 0.15) is 38.4 Å². The smallest absolute Gasteiger partial charge is 0.150 e. The van der Waals surface area contributed by atoms with Gasteiger partial charge in [-0.2, -0.15) is 0 Å². The molecule has 4 heteroatoms. The summed E-state index contributed by atoms with van der Waals surface area (Å²) in [6, 6.07) is 6.86. The van der Waals surface area contributed by atoms with E-state index >= 15 is 0 Å². The van der Waals surface area contributed by atoms with Crippen molar-refractivity contribution in [3.05, 3.63) is 35.6 Å². The lowest BCUT2D eigenvalue weighted by Crippen LogP contribution is -2.76. The first-order chi connectivity index (χ1) is 10.5. The SMILES string of the molecule is CCC12CN3CC(CC)(CN(C1)C3c1ccc(F)cc1)C2=O. The van der Waals surface area contributed by atoms with Crippen LogP contribution in [0.2, 0.25) is 0 Å². The van der Waals surface area contributed by atoms with Gasteiger partial charge in [-0.15, -0.1) is 0 Å². The van der Waals surface area contributed by atoms with Gasteiger partial charge in [-0.05, 0) is 30.5 Å². The van der Waals surface area contributed by atoms with Crippen molar-refractivity contribution in [2.24, 2.45) is 10.8 Å². The van der Waals surface area contributed by atoms with Crippen LogP contribution in [0.15, 0.2) is 24.3 Å². The summed E-state index contributed by atoms with van der Waals surface area (Å²) in [4.78, 5) is 18.0. The summed E-state index contributed by atoms with van der Waals surface area (Å²) in [5, 5.41) is 0. The lowest BCUT2D eigenvalue weighted by Gasteiger charge is -2.66. The van der Waals surface area contributed by atoms with Crippen LogP contribution in [0, 0.1) is 16.6 Å². The van der Waals surface area contributed by atoms with E-state index in [1.165, 1.54) is 0 Å².